The van der Waals surface area contributed by atoms with Crippen molar-refractivity contribution in [1.29, 1.82) is 10.5 Å². The molecule has 3 rings (SSSR count). The van der Waals surface area contributed by atoms with E-state index in [1.165, 1.54) is 0 Å². The molecule has 0 N–H and O–H groups in total. The van der Waals surface area contributed by atoms with Crippen LogP contribution in [0.5, 0.6) is 0 Å². The zero-order valence-corrected chi connectivity index (χ0v) is 10.1. The van der Waals surface area contributed by atoms with Gasteiger partial charge in [-0.25, -0.2) is 4.98 Å². The Kier molecular flexibility index (Phi) is 2.41. The van der Waals surface area contributed by atoms with Crippen LogP contribution in [0.1, 0.15) is 11.3 Å². The second kappa shape index (κ2) is 4.08. The van der Waals surface area contributed by atoms with E-state index in [1.54, 1.807) is 6.08 Å². The highest BCUT2D eigenvalue weighted by Gasteiger charge is 2.26. The molecule has 88 valence electrons. The first-order valence-corrected chi connectivity index (χ1v) is 5.85. The van der Waals surface area contributed by atoms with Crippen LogP contribution in [-0.2, 0) is 0 Å². The number of hydrogen-bond acceptors (Lipinski definition) is 3. The van der Waals surface area contributed by atoms with Gasteiger partial charge in [0.15, 0.2) is 0 Å². The molecule has 0 aliphatic heterocycles. The normalized spacial score (nSPS) is 17.3. The van der Waals surface area contributed by atoms with Gasteiger partial charge in [0.2, 0.25) is 0 Å². The number of aromatic nitrogens is 1. The Morgan fingerprint density at radius 1 is 1.21 bits per heavy atom. The molecule has 0 spiro atoms. The summed E-state index contributed by atoms with van der Waals surface area (Å²) in [6, 6.07) is 13.9. The van der Waals surface area contributed by atoms with Gasteiger partial charge in [0, 0.05) is 10.9 Å². The van der Waals surface area contributed by atoms with Gasteiger partial charge in [-0.1, -0.05) is 24.8 Å². The minimum atomic E-state index is -0.569. The van der Waals surface area contributed by atoms with Gasteiger partial charge in [0.1, 0.15) is 5.92 Å². The molecule has 1 aliphatic rings. The van der Waals surface area contributed by atoms with E-state index in [1.807, 2.05) is 30.3 Å². The lowest BCUT2D eigenvalue weighted by molar-refractivity contribution is 1.04. The van der Waals surface area contributed by atoms with Crippen LogP contribution < -0.4 is 0 Å². The van der Waals surface area contributed by atoms with Gasteiger partial charge >= 0.3 is 0 Å². The molecule has 1 heterocycles. The Morgan fingerprint density at radius 3 is 2.74 bits per heavy atom. The van der Waals surface area contributed by atoms with Crippen molar-refractivity contribution in [2.75, 3.05) is 0 Å². The Labute approximate surface area is 110 Å². The number of hydrogen-bond donors (Lipinski definition) is 0. The quantitative estimate of drug-likeness (QED) is 0.713. The van der Waals surface area contributed by atoms with Crippen LogP contribution in [0.15, 0.2) is 42.5 Å². The van der Waals surface area contributed by atoms with Crippen LogP contribution in [0.2, 0.25) is 0 Å². The minimum absolute atomic E-state index is 0.405. The number of para-hydroxylation sites is 1. The maximum atomic E-state index is 9.18. The summed E-state index contributed by atoms with van der Waals surface area (Å²) >= 11 is 0. The molecule has 0 fully saturated rings. The van der Waals surface area contributed by atoms with Crippen LogP contribution in [0.3, 0.4) is 0 Å². The molecule has 3 nitrogen and oxygen atoms in total. The van der Waals surface area contributed by atoms with E-state index in [9.17, 15) is 5.26 Å². The number of nitriles is 2. The summed E-state index contributed by atoms with van der Waals surface area (Å²) in [5, 5.41) is 19.3. The molecule has 1 aromatic heterocycles. The number of fused-ring (bicyclic) bond motifs is 2. The van der Waals surface area contributed by atoms with Gasteiger partial charge in [0.05, 0.1) is 28.9 Å². The zero-order valence-electron chi connectivity index (χ0n) is 10.1. The summed E-state index contributed by atoms with van der Waals surface area (Å²) in [6.07, 6.45) is 1.68. The van der Waals surface area contributed by atoms with Gasteiger partial charge in [0.25, 0.3) is 0 Å². The molecule has 2 aromatic rings. The average Bonchev–Trinajstić information content (AvgIpc) is 2.45. The standard InChI is InChI=1S/C16H9N3/c1-10-13-6-11-4-2-3-5-15(11)19-16(13)7-12(8-17)14(10)9-18/h2-7,14H,1H2. The number of benzene rings is 1. The second-order valence-corrected chi connectivity index (χ2v) is 4.41. The van der Waals surface area contributed by atoms with E-state index in [-0.39, 0.29) is 0 Å². The van der Waals surface area contributed by atoms with E-state index in [2.05, 4.69) is 23.7 Å². The molecule has 0 radical (unpaired) electrons. The lowest BCUT2D eigenvalue weighted by atomic mass is 9.83. The fourth-order valence-electron chi connectivity index (χ4n) is 2.32. The topological polar surface area (TPSA) is 60.5 Å². The Hall–Kier alpha value is -2.91. The summed E-state index contributed by atoms with van der Waals surface area (Å²) in [6.45, 7) is 3.96. The van der Waals surface area contributed by atoms with Gasteiger partial charge < -0.3 is 0 Å². The first kappa shape index (κ1) is 11.2. The molecule has 1 aliphatic carbocycles. The third kappa shape index (κ3) is 1.61. The highest BCUT2D eigenvalue weighted by molar-refractivity contribution is 5.90. The highest BCUT2D eigenvalue weighted by Crippen LogP contribution is 2.36. The van der Waals surface area contributed by atoms with Gasteiger partial charge in [-0.05, 0) is 23.8 Å². The van der Waals surface area contributed by atoms with Crippen LogP contribution in [0, 0.1) is 28.6 Å². The average molecular weight is 243 g/mol. The zero-order chi connectivity index (χ0) is 13.4. The van der Waals surface area contributed by atoms with Crippen molar-refractivity contribution < 1.29 is 0 Å². The van der Waals surface area contributed by atoms with Crippen molar-refractivity contribution in [3.8, 4) is 12.1 Å². The third-order valence-corrected chi connectivity index (χ3v) is 3.31. The summed E-state index contributed by atoms with van der Waals surface area (Å²) in [7, 11) is 0. The number of pyridine rings is 1. The van der Waals surface area contributed by atoms with Crippen molar-refractivity contribution in [2.45, 2.75) is 0 Å². The Morgan fingerprint density at radius 2 is 2.00 bits per heavy atom. The third-order valence-electron chi connectivity index (χ3n) is 3.31. The summed E-state index contributed by atoms with van der Waals surface area (Å²) in [4.78, 5) is 4.54. The SMILES string of the molecule is C=C1c2cc3ccccc3nc2C=C(C#N)C1C#N. The summed E-state index contributed by atoms with van der Waals surface area (Å²) < 4.78 is 0. The lowest BCUT2D eigenvalue weighted by Gasteiger charge is -2.19. The summed E-state index contributed by atoms with van der Waals surface area (Å²) in [5.41, 5.74) is 3.49. The fraction of sp³-hybridized carbons (Fsp3) is 0.0625. The molecule has 0 saturated carbocycles. The molecule has 1 aromatic carbocycles. The molecule has 1 unspecified atom stereocenters. The van der Waals surface area contributed by atoms with Crippen molar-refractivity contribution in [3.63, 3.8) is 0 Å². The summed E-state index contributed by atoms with van der Waals surface area (Å²) in [5.74, 6) is -0.569. The molecule has 0 saturated heterocycles. The van der Waals surface area contributed by atoms with E-state index in [0.717, 1.165) is 16.5 Å². The number of rotatable bonds is 0. The Bertz CT molecular complexity index is 816. The largest absolute Gasteiger partial charge is 0.248 e. The van der Waals surface area contributed by atoms with Crippen LogP contribution in [0.4, 0.5) is 0 Å². The maximum Gasteiger partial charge on any atom is 0.106 e. The van der Waals surface area contributed by atoms with Crippen molar-refractivity contribution in [2.24, 2.45) is 5.92 Å². The number of allylic oxidation sites excluding steroid dienone is 2. The van der Waals surface area contributed by atoms with Crippen LogP contribution >= 0.6 is 0 Å². The van der Waals surface area contributed by atoms with E-state index >= 15 is 0 Å². The first-order chi connectivity index (χ1) is 9.24. The second-order valence-electron chi connectivity index (χ2n) is 4.41. The van der Waals surface area contributed by atoms with E-state index in [4.69, 9.17) is 5.26 Å². The first-order valence-electron chi connectivity index (χ1n) is 5.85. The van der Waals surface area contributed by atoms with Gasteiger partial charge in [-0.2, -0.15) is 10.5 Å². The molecule has 0 amide bonds. The van der Waals surface area contributed by atoms with Gasteiger partial charge in [-0.15, -0.1) is 0 Å². The highest BCUT2D eigenvalue weighted by atomic mass is 14.7. The molecular formula is C16H9N3. The fourth-order valence-corrected chi connectivity index (χ4v) is 2.32. The van der Waals surface area contributed by atoms with Crippen LogP contribution in [-0.4, -0.2) is 4.98 Å². The lowest BCUT2D eigenvalue weighted by Crippen LogP contribution is -2.10. The van der Waals surface area contributed by atoms with E-state index < -0.39 is 5.92 Å². The molecule has 1 atom stereocenters. The Balaban J connectivity index is 2.33. The van der Waals surface area contributed by atoms with Crippen molar-refractivity contribution in [3.05, 3.63) is 53.7 Å². The minimum Gasteiger partial charge on any atom is -0.248 e. The molecule has 0 bridgehead atoms. The van der Waals surface area contributed by atoms with Gasteiger partial charge in [-0.3, -0.25) is 0 Å². The predicted molar refractivity (Wildman–Crippen MR) is 73.5 cm³/mol. The number of nitrogens with zero attached hydrogens (tertiary/aromatic N) is 3. The predicted octanol–water partition coefficient (Wildman–Crippen LogP) is 3.31. The smallest absolute Gasteiger partial charge is 0.106 e. The maximum absolute atomic E-state index is 9.18. The molecular weight excluding hydrogens is 234 g/mol. The van der Waals surface area contributed by atoms with E-state index in [0.29, 0.717) is 16.8 Å². The van der Waals surface area contributed by atoms with Crippen LogP contribution in [0.25, 0.3) is 22.6 Å². The molecule has 19 heavy (non-hydrogen) atoms. The van der Waals surface area contributed by atoms with Crippen molar-refractivity contribution in [1.82, 2.24) is 4.98 Å². The van der Waals surface area contributed by atoms with Crippen molar-refractivity contribution >= 4 is 22.6 Å². The molecule has 3 heteroatoms. The monoisotopic (exact) mass is 243 g/mol.